The molecule has 0 aromatic heterocycles. The van der Waals surface area contributed by atoms with Crippen molar-refractivity contribution >= 4 is 34.7 Å². The first kappa shape index (κ1) is 53.1. The summed E-state index contributed by atoms with van der Waals surface area (Å²) in [5, 5.41) is 98.2. The average Bonchev–Trinajstić information content (AvgIpc) is 3.35. The van der Waals surface area contributed by atoms with Crippen LogP contribution in [0.4, 0.5) is 0 Å². The molecule has 4 aromatic rings. The average molecular weight is 1040 g/mol. The van der Waals surface area contributed by atoms with E-state index in [1.54, 1.807) is 13.8 Å². The summed E-state index contributed by atoms with van der Waals surface area (Å²) < 4.78 is 28.8. The number of aromatic hydroxyl groups is 5. The van der Waals surface area contributed by atoms with Gasteiger partial charge in [0.2, 0.25) is 11.6 Å². The molecule has 0 radical (unpaired) electrons. The van der Waals surface area contributed by atoms with Gasteiger partial charge in [-0.1, -0.05) is 24.3 Å². The molecule has 13 N–H and O–H groups in total. The first-order chi connectivity index (χ1) is 35.2. The van der Waals surface area contributed by atoms with Crippen molar-refractivity contribution in [3.63, 3.8) is 0 Å². The smallest absolute Gasteiger partial charge is 0.202 e. The molecule has 4 aliphatic carbocycles. The molecule has 22 nitrogen and oxygen atoms in total. The van der Waals surface area contributed by atoms with Crippen molar-refractivity contribution in [3.05, 3.63) is 103 Å². The second-order valence-electron chi connectivity index (χ2n) is 20.1. The van der Waals surface area contributed by atoms with E-state index >= 15 is 0 Å². The molecule has 0 spiro atoms. The molecule has 2 saturated heterocycles. The zero-order chi connectivity index (χ0) is 54.7. The van der Waals surface area contributed by atoms with Gasteiger partial charge in [-0.2, -0.15) is 0 Å². The number of Topliss-reactive ketones (excluding diaryl/α,β-unsaturated/α-hetero) is 2. The number of aliphatic hydroxyl groups is 4. The van der Waals surface area contributed by atoms with Crippen molar-refractivity contribution in [2.75, 3.05) is 7.11 Å². The number of carbonyl (C=O) groups excluding carboxylic acids is 6. The van der Waals surface area contributed by atoms with Crippen molar-refractivity contribution < 1.29 is 98.4 Å². The van der Waals surface area contributed by atoms with Crippen LogP contribution in [0.2, 0.25) is 0 Å². The Morgan fingerprint density at radius 3 is 1.37 bits per heavy atom. The molecule has 0 amide bonds. The molecular weight excluding hydrogens is 985 g/mol. The summed E-state index contributed by atoms with van der Waals surface area (Å²) in [4.78, 5) is 78.7. The fourth-order valence-electron chi connectivity index (χ4n) is 11.2. The zero-order valence-electron chi connectivity index (χ0n) is 41.2. The molecule has 0 saturated carbocycles. The number of rotatable bonds is 7. The van der Waals surface area contributed by atoms with Gasteiger partial charge in [0, 0.05) is 84.0 Å². The maximum Gasteiger partial charge on any atom is 0.202 e. The lowest BCUT2D eigenvalue weighted by Crippen LogP contribution is -2.52. The molecule has 2 aliphatic heterocycles. The number of ketones is 6. The van der Waals surface area contributed by atoms with Gasteiger partial charge in [-0.05, 0) is 39.8 Å². The van der Waals surface area contributed by atoms with Gasteiger partial charge in [0.05, 0.1) is 77.1 Å². The van der Waals surface area contributed by atoms with Crippen molar-refractivity contribution in [1.82, 2.24) is 0 Å². The molecule has 4 aromatic carbocycles. The van der Waals surface area contributed by atoms with Gasteiger partial charge < -0.3 is 81.1 Å². The zero-order valence-corrected chi connectivity index (χ0v) is 41.2. The van der Waals surface area contributed by atoms with Crippen molar-refractivity contribution in [2.45, 2.75) is 139 Å². The Balaban J connectivity index is 0.000000184. The van der Waals surface area contributed by atoms with E-state index in [-0.39, 0.29) is 75.9 Å². The number of ether oxygens (including phenoxy) is 5. The number of nitrogens with two attached hydrogens (primary N) is 2. The number of aliphatic hydroxyl groups excluding tert-OH is 2. The Labute approximate surface area is 427 Å². The second kappa shape index (κ2) is 19.1. The largest absolute Gasteiger partial charge is 0.507 e. The summed E-state index contributed by atoms with van der Waals surface area (Å²) in [6, 6.07) is 6.95. The molecular formula is C53H56N2O20. The van der Waals surface area contributed by atoms with Gasteiger partial charge in [0.25, 0.3) is 0 Å². The minimum atomic E-state index is -2.02. The number of phenolic OH excluding ortho intramolecular Hbond substituents is 5. The summed E-state index contributed by atoms with van der Waals surface area (Å²) in [5.41, 5.74) is 5.27. The van der Waals surface area contributed by atoms with Crippen LogP contribution in [0.25, 0.3) is 0 Å². The minimum absolute atomic E-state index is 0.0147. The predicted octanol–water partition coefficient (Wildman–Crippen LogP) is 1.75. The SMILES string of the molecule is CC(=O)[C@]1(O)Cc2c(O)c3c(c(O)c2[C@@H](O[C@H]2C[C@H](N)[C@H](O)[C@H](C)O2)C1)C(=O)c1c(O)cccc1C3=O.COc1cccc2c1C(=O)c1c(O)c3c(c(O)c1C2=O)C[C@@](O)(C(C)=O)C[C@@H]3O[C@H]1C[C@H](N)[C@H](O)[C@H](C)O1. The van der Waals surface area contributed by atoms with Gasteiger partial charge in [-0.15, -0.1) is 0 Å². The van der Waals surface area contributed by atoms with Crippen LogP contribution in [0.3, 0.4) is 0 Å². The van der Waals surface area contributed by atoms with Crippen LogP contribution in [0.15, 0.2) is 36.4 Å². The van der Waals surface area contributed by atoms with Crippen molar-refractivity contribution in [1.29, 1.82) is 0 Å². The Hall–Kier alpha value is -6.70. The summed E-state index contributed by atoms with van der Waals surface area (Å²) in [5.74, 6) is -7.30. The topological polar surface area (TPSA) is 383 Å². The van der Waals surface area contributed by atoms with E-state index in [9.17, 15) is 74.7 Å². The third-order valence-corrected chi connectivity index (χ3v) is 15.4. The number of fused-ring (bicyclic) bond motifs is 6. The molecule has 6 aliphatic rings. The Kier molecular flexibility index (Phi) is 13.6. The molecule has 75 heavy (non-hydrogen) atoms. The molecule has 0 bridgehead atoms. The van der Waals surface area contributed by atoms with Gasteiger partial charge in [-0.25, -0.2) is 0 Å². The van der Waals surface area contributed by atoms with Gasteiger partial charge in [0.15, 0.2) is 35.7 Å². The van der Waals surface area contributed by atoms with Crippen molar-refractivity contribution in [2.24, 2.45) is 11.5 Å². The summed E-state index contributed by atoms with van der Waals surface area (Å²) in [6.45, 7) is 5.54. The standard InChI is InChI=1S/C27H29NO10.C26H27NO10/c1-10-22(30)14(28)7-17(37-10)38-16-9-27(35,11(2)29)8-13-19(16)26(34)21-20(24(13)32)23(31)12-5-4-6-15(36-3)18(12)25(21)33;1-9-21(30)13(27)6-16(36-9)37-15-8-26(35,10(2)28)7-12-18(15)25(34)20-19(23(12)32)22(31)11-4-3-5-14(29)17(11)24(20)33/h4-6,10,14,16-17,22,30,32,34-35H,7-9,28H2,1-3H3;3-5,9,13,15-16,21,29-30,32,34-35H,6-8,27H2,1-2H3/t10-,14-,16-,17-,22+,27-;9-,13-,15-,16-,21+,26-/m00/s1. The summed E-state index contributed by atoms with van der Waals surface area (Å²) in [6.07, 6.45) is -9.21. The van der Waals surface area contributed by atoms with Crippen LogP contribution in [-0.4, -0.2) is 148 Å². The lowest BCUT2D eigenvalue weighted by Gasteiger charge is -2.42. The second-order valence-corrected chi connectivity index (χ2v) is 20.1. The third kappa shape index (κ3) is 8.54. The Bertz CT molecular complexity index is 3110. The van der Waals surface area contributed by atoms with Gasteiger partial charge in [-0.3, -0.25) is 28.8 Å². The highest BCUT2D eigenvalue weighted by molar-refractivity contribution is 6.32. The van der Waals surface area contributed by atoms with Crippen LogP contribution >= 0.6 is 0 Å². The number of carbonyl (C=O) groups is 6. The molecule has 0 unspecified atom stereocenters. The maximum absolute atomic E-state index is 13.6. The minimum Gasteiger partial charge on any atom is -0.507 e. The fourth-order valence-corrected chi connectivity index (χ4v) is 11.2. The molecule has 10 rings (SSSR count). The number of hydrogen-bond donors (Lipinski definition) is 11. The first-order valence-electron chi connectivity index (χ1n) is 24.1. The Morgan fingerprint density at radius 1 is 0.587 bits per heavy atom. The third-order valence-electron chi connectivity index (χ3n) is 15.4. The lowest BCUT2D eigenvalue weighted by atomic mass is 9.72. The van der Waals surface area contributed by atoms with Crippen LogP contribution in [-0.2, 0) is 41.4 Å². The van der Waals surface area contributed by atoms with E-state index in [1.807, 2.05) is 0 Å². The highest BCUT2D eigenvalue weighted by atomic mass is 16.7. The predicted molar refractivity (Wildman–Crippen MR) is 256 cm³/mol. The van der Waals surface area contributed by atoms with Crippen LogP contribution in [0.5, 0.6) is 34.5 Å². The van der Waals surface area contributed by atoms with Gasteiger partial charge >= 0.3 is 0 Å². The summed E-state index contributed by atoms with van der Waals surface area (Å²) >= 11 is 0. The van der Waals surface area contributed by atoms with Crippen LogP contribution in [0, 0.1) is 0 Å². The van der Waals surface area contributed by atoms with E-state index in [2.05, 4.69) is 0 Å². The Morgan fingerprint density at radius 2 is 0.973 bits per heavy atom. The number of benzene rings is 4. The highest BCUT2D eigenvalue weighted by Gasteiger charge is 2.52. The van der Waals surface area contributed by atoms with E-state index in [1.165, 1.54) is 50.4 Å². The lowest BCUT2D eigenvalue weighted by molar-refractivity contribution is -0.247. The summed E-state index contributed by atoms with van der Waals surface area (Å²) in [7, 11) is 1.34. The maximum atomic E-state index is 13.6. The van der Waals surface area contributed by atoms with E-state index < -0.39 is 171 Å². The van der Waals surface area contributed by atoms with Crippen LogP contribution < -0.4 is 16.2 Å². The molecule has 2 heterocycles. The van der Waals surface area contributed by atoms with Crippen LogP contribution in [0.1, 0.15) is 152 Å². The number of methoxy groups -OCH3 is 1. The quantitative estimate of drug-likeness (QED) is 0.101. The van der Waals surface area contributed by atoms with Crippen molar-refractivity contribution in [3.8, 4) is 34.5 Å². The molecule has 22 heteroatoms. The number of phenols is 5. The van der Waals surface area contributed by atoms with E-state index in [0.717, 1.165) is 6.92 Å². The van der Waals surface area contributed by atoms with E-state index in [4.69, 9.17) is 35.2 Å². The monoisotopic (exact) mass is 1040 g/mol. The molecule has 398 valence electrons. The van der Waals surface area contributed by atoms with E-state index in [0.29, 0.717) is 0 Å². The normalized spacial score (nSPS) is 30.6. The highest BCUT2D eigenvalue weighted by Crippen LogP contribution is 2.55. The number of hydrogen-bond acceptors (Lipinski definition) is 22. The molecule has 12 atom stereocenters. The first-order valence-corrected chi connectivity index (χ1v) is 24.1. The fraction of sp³-hybridized carbons (Fsp3) is 0.434. The molecule has 2 fully saturated rings. The van der Waals surface area contributed by atoms with Gasteiger partial charge in [0.1, 0.15) is 45.7 Å².